The van der Waals surface area contributed by atoms with Crippen molar-refractivity contribution >= 4 is 46.0 Å². The van der Waals surface area contributed by atoms with E-state index in [0.29, 0.717) is 15.8 Å². The van der Waals surface area contributed by atoms with E-state index in [1.807, 2.05) is 0 Å². The molecule has 7 heteroatoms. The van der Waals surface area contributed by atoms with Gasteiger partial charge in [0.15, 0.2) is 5.78 Å². The zero-order valence-electron chi connectivity index (χ0n) is 13.3. The van der Waals surface area contributed by atoms with Gasteiger partial charge in [-0.3, -0.25) is 9.59 Å². The second-order valence-corrected chi connectivity index (χ2v) is 8.69. The Morgan fingerprint density at radius 3 is 2.75 bits per heavy atom. The Morgan fingerprint density at radius 1 is 1.17 bits per heavy atom. The molecule has 2 heterocycles. The van der Waals surface area contributed by atoms with Crippen molar-refractivity contribution in [3.05, 3.63) is 36.9 Å². The Kier molecular flexibility index (Phi) is 6.03. The molecule has 0 atom stereocenters. The number of fused-ring (bicyclic) bond motifs is 1. The van der Waals surface area contributed by atoms with Crippen LogP contribution in [0.4, 0.5) is 0 Å². The molecule has 0 saturated carbocycles. The molecule has 0 unspecified atom stereocenters. The fourth-order valence-electron chi connectivity index (χ4n) is 2.72. The molecule has 0 spiro atoms. The topological polar surface area (TPSA) is 59.1 Å². The van der Waals surface area contributed by atoms with Gasteiger partial charge in [-0.2, -0.15) is 0 Å². The molecule has 2 aromatic heterocycles. The van der Waals surface area contributed by atoms with Crippen LogP contribution in [0.3, 0.4) is 0 Å². The number of nitrogens with one attached hydrogen (secondary N) is 1. The molecule has 3 rings (SSSR count). The zero-order valence-corrected chi connectivity index (χ0v) is 15.7. The van der Waals surface area contributed by atoms with E-state index in [1.165, 1.54) is 34.7 Å². The van der Waals surface area contributed by atoms with Crippen LogP contribution >= 0.6 is 34.3 Å². The Labute approximate surface area is 154 Å². The van der Waals surface area contributed by atoms with Gasteiger partial charge in [0.25, 0.3) is 0 Å². The van der Waals surface area contributed by atoms with Crippen LogP contribution in [0.1, 0.15) is 50.9 Å². The number of thiophene rings is 1. The standard InChI is InChI=1S/C17H19ClN2O2S2/c18-15-7-6-14(23-15)12(21)5-8-16(22)19-10-9-17-20-11-3-1-2-4-13(11)24-17/h6-7H,1-5,8-10H2,(H,19,22). The van der Waals surface area contributed by atoms with Crippen molar-refractivity contribution in [2.24, 2.45) is 0 Å². The lowest BCUT2D eigenvalue weighted by Gasteiger charge is -2.06. The zero-order chi connectivity index (χ0) is 16.9. The molecule has 24 heavy (non-hydrogen) atoms. The van der Waals surface area contributed by atoms with Crippen LogP contribution < -0.4 is 5.32 Å². The summed E-state index contributed by atoms with van der Waals surface area (Å²) < 4.78 is 0.592. The highest BCUT2D eigenvalue weighted by Gasteiger charge is 2.15. The van der Waals surface area contributed by atoms with Crippen LogP contribution in [0.5, 0.6) is 0 Å². The van der Waals surface area contributed by atoms with Crippen LogP contribution in [0, 0.1) is 0 Å². The van der Waals surface area contributed by atoms with E-state index in [4.69, 9.17) is 11.6 Å². The summed E-state index contributed by atoms with van der Waals surface area (Å²) >= 11 is 8.84. The van der Waals surface area contributed by atoms with Crippen molar-refractivity contribution in [2.75, 3.05) is 6.54 Å². The van der Waals surface area contributed by atoms with Crippen molar-refractivity contribution in [3.8, 4) is 0 Å². The Morgan fingerprint density at radius 2 is 2.00 bits per heavy atom. The third-order valence-electron chi connectivity index (χ3n) is 3.98. The predicted octanol–water partition coefficient (Wildman–Crippen LogP) is 4.06. The van der Waals surface area contributed by atoms with E-state index < -0.39 is 0 Å². The minimum Gasteiger partial charge on any atom is -0.356 e. The molecule has 1 amide bonds. The van der Waals surface area contributed by atoms with Gasteiger partial charge in [0.1, 0.15) is 0 Å². The normalized spacial score (nSPS) is 13.5. The molecule has 0 bridgehead atoms. The van der Waals surface area contributed by atoms with Gasteiger partial charge in [-0.1, -0.05) is 11.6 Å². The number of aryl methyl sites for hydroxylation is 2. The van der Waals surface area contributed by atoms with Gasteiger partial charge < -0.3 is 5.32 Å². The number of carbonyl (C=O) groups is 2. The van der Waals surface area contributed by atoms with Gasteiger partial charge in [-0.25, -0.2) is 4.98 Å². The SMILES string of the molecule is O=C(CCC(=O)c1ccc(Cl)s1)NCCc1nc2c(s1)CCCC2. The summed E-state index contributed by atoms with van der Waals surface area (Å²) in [6.45, 7) is 0.574. The summed E-state index contributed by atoms with van der Waals surface area (Å²) in [6, 6.07) is 3.41. The first-order valence-corrected chi connectivity index (χ1v) is 10.2. The summed E-state index contributed by atoms with van der Waals surface area (Å²) in [5, 5.41) is 3.98. The fourth-order valence-corrected chi connectivity index (χ4v) is 4.89. The minimum absolute atomic E-state index is 0.0327. The lowest BCUT2D eigenvalue weighted by molar-refractivity contribution is -0.121. The van der Waals surface area contributed by atoms with Crippen LogP contribution in [0.2, 0.25) is 4.34 Å². The molecule has 1 aliphatic carbocycles. The van der Waals surface area contributed by atoms with Crippen LogP contribution in [0.25, 0.3) is 0 Å². The molecule has 0 saturated heterocycles. The van der Waals surface area contributed by atoms with E-state index >= 15 is 0 Å². The Bertz CT molecular complexity index is 715. The van der Waals surface area contributed by atoms with Gasteiger partial charge in [0.2, 0.25) is 5.91 Å². The van der Waals surface area contributed by atoms with Crippen molar-refractivity contribution in [1.29, 1.82) is 0 Å². The highest BCUT2D eigenvalue weighted by molar-refractivity contribution is 7.18. The van der Waals surface area contributed by atoms with E-state index in [1.54, 1.807) is 23.5 Å². The summed E-state index contributed by atoms with van der Waals surface area (Å²) in [4.78, 5) is 30.5. The maximum absolute atomic E-state index is 11.9. The third-order valence-corrected chi connectivity index (χ3v) is 6.47. The van der Waals surface area contributed by atoms with E-state index in [2.05, 4.69) is 10.3 Å². The van der Waals surface area contributed by atoms with Crippen molar-refractivity contribution in [2.45, 2.75) is 44.9 Å². The molecule has 1 aliphatic rings. The fraction of sp³-hybridized carbons (Fsp3) is 0.471. The molecule has 1 N–H and O–H groups in total. The molecule has 4 nitrogen and oxygen atoms in total. The number of ketones is 1. The summed E-state index contributed by atoms with van der Waals surface area (Å²) in [7, 11) is 0. The smallest absolute Gasteiger partial charge is 0.220 e. The predicted molar refractivity (Wildman–Crippen MR) is 98.4 cm³/mol. The first-order valence-electron chi connectivity index (χ1n) is 8.14. The number of amides is 1. The number of Topliss-reactive ketones (excluding diaryl/α,β-unsaturated/α-hetero) is 1. The van der Waals surface area contributed by atoms with Crippen molar-refractivity contribution < 1.29 is 9.59 Å². The van der Waals surface area contributed by atoms with Crippen molar-refractivity contribution in [3.63, 3.8) is 0 Å². The molecular weight excluding hydrogens is 364 g/mol. The van der Waals surface area contributed by atoms with Crippen LogP contribution in [-0.4, -0.2) is 23.2 Å². The first kappa shape index (κ1) is 17.6. The molecule has 2 aromatic rings. The van der Waals surface area contributed by atoms with Crippen LogP contribution in [-0.2, 0) is 24.1 Å². The number of halogens is 1. The van der Waals surface area contributed by atoms with Gasteiger partial charge >= 0.3 is 0 Å². The van der Waals surface area contributed by atoms with Crippen molar-refractivity contribution in [1.82, 2.24) is 10.3 Å². The van der Waals surface area contributed by atoms with E-state index in [0.717, 1.165) is 24.3 Å². The average molecular weight is 383 g/mol. The highest BCUT2D eigenvalue weighted by atomic mass is 35.5. The number of rotatable bonds is 7. The number of aromatic nitrogens is 1. The maximum Gasteiger partial charge on any atom is 0.220 e. The van der Waals surface area contributed by atoms with Crippen LogP contribution in [0.15, 0.2) is 12.1 Å². The monoisotopic (exact) mass is 382 g/mol. The number of hydrogen-bond acceptors (Lipinski definition) is 5. The quantitative estimate of drug-likeness (QED) is 0.734. The second-order valence-electron chi connectivity index (χ2n) is 5.81. The number of carbonyl (C=O) groups excluding carboxylic acids is 2. The van der Waals surface area contributed by atoms with Gasteiger partial charge in [-0.05, 0) is 37.8 Å². The maximum atomic E-state index is 11.9. The molecule has 0 aromatic carbocycles. The Balaban J connectivity index is 1.38. The molecule has 0 radical (unpaired) electrons. The molecule has 128 valence electrons. The molecule has 0 aliphatic heterocycles. The van der Waals surface area contributed by atoms with Gasteiger partial charge in [-0.15, -0.1) is 22.7 Å². The lowest BCUT2D eigenvalue weighted by Crippen LogP contribution is -2.26. The van der Waals surface area contributed by atoms with Gasteiger partial charge in [0, 0.05) is 30.7 Å². The summed E-state index contributed by atoms with van der Waals surface area (Å²) in [6.07, 6.45) is 5.92. The Hall–Kier alpha value is -1.24. The largest absolute Gasteiger partial charge is 0.356 e. The lowest BCUT2D eigenvalue weighted by atomic mass is 10.0. The van der Waals surface area contributed by atoms with Gasteiger partial charge in [0.05, 0.1) is 19.9 Å². The average Bonchev–Trinajstić information content (AvgIpc) is 3.18. The minimum atomic E-state index is -0.0904. The number of thiazole rings is 1. The summed E-state index contributed by atoms with van der Waals surface area (Å²) in [5.41, 5.74) is 1.26. The second kappa shape index (κ2) is 8.23. The highest BCUT2D eigenvalue weighted by Crippen LogP contribution is 2.26. The molecular formula is C17H19ClN2O2S2. The first-order chi connectivity index (χ1) is 11.6. The van der Waals surface area contributed by atoms with E-state index in [9.17, 15) is 9.59 Å². The number of nitrogens with zero attached hydrogens (tertiary/aromatic N) is 1. The number of hydrogen-bond donors (Lipinski definition) is 1. The summed E-state index contributed by atoms with van der Waals surface area (Å²) in [5.74, 6) is -0.123. The third kappa shape index (κ3) is 4.65. The van der Waals surface area contributed by atoms with E-state index in [-0.39, 0.29) is 24.5 Å². The molecule has 0 fully saturated rings.